The van der Waals surface area contributed by atoms with Gasteiger partial charge in [-0.2, -0.15) is 0 Å². The van der Waals surface area contributed by atoms with Crippen LogP contribution in [0.1, 0.15) is 26.7 Å². The summed E-state index contributed by atoms with van der Waals surface area (Å²) in [6, 6.07) is 8.52. The fraction of sp³-hybridized carbons (Fsp3) is 0.438. The van der Waals surface area contributed by atoms with Gasteiger partial charge in [0.2, 0.25) is 0 Å². The monoisotopic (exact) mass is 289 g/mol. The highest BCUT2D eigenvalue weighted by molar-refractivity contribution is 7.12. The molecule has 1 N–H and O–H groups in total. The lowest BCUT2D eigenvalue weighted by atomic mass is 10.2. The Bertz CT molecular complexity index is 563. The quantitative estimate of drug-likeness (QED) is 0.885. The topological polar surface area (TPSA) is 28.2 Å². The molecule has 0 saturated heterocycles. The van der Waals surface area contributed by atoms with Crippen LogP contribution in [0.3, 0.4) is 0 Å². The average molecular weight is 289 g/mol. The summed E-state index contributed by atoms with van der Waals surface area (Å²) >= 11 is 1.88. The molecule has 0 radical (unpaired) electrons. The third-order valence-electron chi connectivity index (χ3n) is 3.24. The van der Waals surface area contributed by atoms with Crippen molar-refractivity contribution in [2.75, 3.05) is 14.1 Å². The fourth-order valence-corrected chi connectivity index (χ4v) is 3.38. The van der Waals surface area contributed by atoms with Gasteiger partial charge in [-0.05, 0) is 51.7 Å². The van der Waals surface area contributed by atoms with Gasteiger partial charge in [0.1, 0.15) is 0 Å². The molecule has 2 heterocycles. The molecule has 2 rings (SSSR count). The van der Waals surface area contributed by atoms with Crippen molar-refractivity contribution in [2.24, 2.45) is 0 Å². The summed E-state index contributed by atoms with van der Waals surface area (Å²) in [7, 11) is 4.14. The summed E-state index contributed by atoms with van der Waals surface area (Å²) in [6.07, 6.45) is 0. The number of aryl methyl sites for hydroxylation is 2. The summed E-state index contributed by atoms with van der Waals surface area (Å²) in [5.74, 6) is 0. The third-order valence-corrected chi connectivity index (χ3v) is 4.33. The van der Waals surface area contributed by atoms with E-state index in [-0.39, 0.29) is 0 Å². The van der Waals surface area contributed by atoms with Crippen molar-refractivity contribution >= 4 is 11.3 Å². The zero-order valence-electron chi connectivity index (χ0n) is 12.7. The fourth-order valence-electron chi connectivity index (χ4n) is 2.32. The molecule has 0 amide bonds. The lowest BCUT2D eigenvalue weighted by molar-refractivity contribution is 0.314. The van der Waals surface area contributed by atoms with Crippen LogP contribution >= 0.6 is 11.3 Å². The van der Waals surface area contributed by atoms with Gasteiger partial charge in [-0.1, -0.05) is 6.07 Å². The highest BCUT2D eigenvalue weighted by atomic mass is 32.1. The summed E-state index contributed by atoms with van der Waals surface area (Å²) in [5, 5.41) is 3.21. The maximum atomic E-state index is 4.56. The van der Waals surface area contributed by atoms with E-state index in [9.17, 15) is 0 Å². The molecule has 0 aliphatic heterocycles. The van der Waals surface area contributed by atoms with Gasteiger partial charge >= 0.3 is 0 Å². The van der Waals surface area contributed by atoms with Crippen molar-refractivity contribution in [1.29, 1.82) is 0 Å². The molecular formula is C16H23N3S. The number of hydrogen-bond acceptors (Lipinski definition) is 4. The first-order chi connectivity index (χ1) is 9.58. The average Bonchev–Trinajstić information content (AvgIpc) is 2.70. The van der Waals surface area contributed by atoms with E-state index < -0.39 is 0 Å². The Hall–Kier alpha value is -1.23. The third kappa shape index (κ3) is 4.13. The minimum Gasteiger partial charge on any atom is -0.315 e. The molecule has 0 bridgehead atoms. The zero-order valence-corrected chi connectivity index (χ0v) is 13.5. The molecule has 0 spiro atoms. The minimum absolute atomic E-state index is 0.887. The van der Waals surface area contributed by atoms with Crippen LogP contribution in [0.15, 0.2) is 24.3 Å². The molecule has 4 heteroatoms. The first kappa shape index (κ1) is 15.2. The Balaban J connectivity index is 1.99. The van der Waals surface area contributed by atoms with Crippen LogP contribution in [-0.4, -0.2) is 24.0 Å². The van der Waals surface area contributed by atoms with Crippen LogP contribution in [0, 0.1) is 13.8 Å². The van der Waals surface area contributed by atoms with Gasteiger partial charge in [0.15, 0.2) is 0 Å². The number of nitrogens with zero attached hydrogens (tertiary/aromatic N) is 2. The number of thiophene rings is 1. The second kappa shape index (κ2) is 6.97. The normalized spacial score (nSPS) is 11.2. The predicted molar refractivity (Wildman–Crippen MR) is 86.0 cm³/mol. The summed E-state index contributed by atoms with van der Waals surface area (Å²) in [5.41, 5.74) is 3.64. The summed E-state index contributed by atoms with van der Waals surface area (Å²) in [4.78, 5) is 9.70. The molecule has 2 aromatic rings. The molecule has 20 heavy (non-hydrogen) atoms. The summed E-state index contributed by atoms with van der Waals surface area (Å²) in [6.45, 7) is 7.06. The lowest BCUT2D eigenvalue weighted by Gasteiger charge is -2.16. The first-order valence-corrected chi connectivity index (χ1v) is 7.74. The Morgan fingerprint density at radius 1 is 1.25 bits per heavy atom. The molecule has 3 nitrogen and oxygen atoms in total. The van der Waals surface area contributed by atoms with Crippen molar-refractivity contribution < 1.29 is 0 Å². The second-order valence-corrected chi connectivity index (χ2v) is 6.61. The van der Waals surface area contributed by atoms with Gasteiger partial charge in [0, 0.05) is 35.1 Å². The standard InChI is InChI=1S/C16H23N3S/c1-12-6-5-7-15(18-12)11-19(4)10-14-8-16(9-17-3)20-13(14)2/h5-8,17H,9-11H2,1-4H3. The van der Waals surface area contributed by atoms with E-state index in [0.717, 1.165) is 31.0 Å². The molecular weight excluding hydrogens is 266 g/mol. The van der Waals surface area contributed by atoms with E-state index in [1.165, 1.54) is 15.3 Å². The van der Waals surface area contributed by atoms with E-state index in [1.807, 2.05) is 31.4 Å². The van der Waals surface area contributed by atoms with Crippen LogP contribution in [-0.2, 0) is 19.6 Å². The van der Waals surface area contributed by atoms with Crippen molar-refractivity contribution in [3.05, 3.63) is 51.0 Å². The zero-order chi connectivity index (χ0) is 14.5. The molecule has 0 atom stereocenters. The minimum atomic E-state index is 0.887. The molecule has 0 saturated carbocycles. The molecule has 0 aliphatic carbocycles. The maximum absolute atomic E-state index is 4.56. The van der Waals surface area contributed by atoms with Crippen LogP contribution in [0.2, 0.25) is 0 Å². The highest BCUT2D eigenvalue weighted by Gasteiger charge is 2.09. The van der Waals surface area contributed by atoms with Gasteiger partial charge < -0.3 is 5.32 Å². The number of rotatable bonds is 6. The Morgan fingerprint density at radius 2 is 2.05 bits per heavy atom. The Morgan fingerprint density at radius 3 is 2.75 bits per heavy atom. The number of hydrogen-bond donors (Lipinski definition) is 1. The van der Waals surface area contributed by atoms with Crippen LogP contribution in [0.25, 0.3) is 0 Å². The second-order valence-electron chi connectivity index (χ2n) is 5.27. The van der Waals surface area contributed by atoms with Crippen molar-refractivity contribution in [3.63, 3.8) is 0 Å². The van der Waals surface area contributed by atoms with Crippen molar-refractivity contribution in [1.82, 2.24) is 15.2 Å². The SMILES string of the molecule is CNCc1cc(CN(C)Cc2cccc(C)n2)c(C)s1. The highest BCUT2D eigenvalue weighted by Crippen LogP contribution is 2.23. The van der Waals surface area contributed by atoms with E-state index in [2.05, 4.69) is 47.4 Å². The van der Waals surface area contributed by atoms with Crippen LogP contribution < -0.4 is 5.32 Å². The smallest absolute Gasteiger partial charge is 0.0547 e. The first-order valence-electron chi connectivity index (χ1n) is 6.92. The van der Waals surface area contributed by atoms with Gasteiger partial charge in [0.25, 0.3) is 0 Å². The van der Waals surface area contributed by atoms with E-state index in [0.29, 0.717) is 0 Å². The number of nitrogens with one attached hydrogen (secondary N) is 1. The van der Waals surface area contributed by atoms with E-state index in [1.54, 1.807) is 0 Å². The van der Waals surface area contributed by atoms with Gasteiger partial charge in [0.05, 0.1) is 5.69 Å². The largest absolute Gasteiger partial charge is 0.315 e. The Labute approximate surface area is 125 Å². The molecule has 0 aromatic carbocycles. The van der Waals surface area contributed by atoms with Crippen LogP contribution in [0.4, 0.5) is 0 Å². The maximum Gasteiger partial charge on any atom is 0.0547 e. The predicted octanol–water partition coefficient (Wildman–Crippen LogP) is 3.11. The van der Waals surface area contributed by atoms with Crippen LogP contribution in [0.5, 0.6) is 0 Å². The number of pyridine rings is 1. The molecule has 0 aliphatic rings. The lowest BCUT2D eigenvalue weighted by Crippen LogP contribution is -2.18. The van der Waals surface area contributed by atoms with Crippen molar-refractivity contribution in [2.45, 2.75) is 33.5 Å². The molecule has 2 aromatic heterocycles. The van der Waals surface area contributed by atoms with Gasteiger partial charge in [-0.25, -0.2) is 0 Å². The molecule has 0 unspecified atom stereocenters. The molecule has 0 fully saturated rings. The summed E-state index contributed by atoms with van der Waals surface area (Å²) < 4.78 is 0. The van der Waals surface area contributed by atoms with E-state index >= 15 is 0 Å². The van der Waals surface area contributed by atoms with Crippen molar-refractivity contribution in [3.8, 4) is 0 Å². The Kier molecular flexibility index (Phi) is 5.29. The number of aromatic nitrogens is 1. The van der Waals surface area contributed by atoms with E-state index in [4.69, 9.17) is 0 Å². The molecule has 108 valence electrons. The van der Waals surface area contributed by atoms with Gasteiger partial charge in [-0.3, -0.25) is 9.88 Å². The van der Waals surface area contributed by atoms with Gasteiger partial charge in [-0.15, -0.1) is 11.3 Å².